The molecule has 0 bridgehead atoms. The van der Waals surface area contributed by atoms with Gasteiger partial charge >= 0.3 is 158 Å². The van der Waals surface area contributed by atoms with Crippen LogP contribution in [0.4, 0.5) is 0 Å². The fourth-order valence-electron chi connectivity index (χ4n) is 0.695. The average molecular weight is 353 g/mol. The van der Waals surface area contributed by atoms with Crippen LogP contribution in [0.15, 0.2) is 0 Å². The minimum atomic E-state index is -3.46. The molecule has 0 saturated carbocycles. The quantitative estimate of drug-likeness (QED) is 0.461. The van der Waals surface area contributed by atoms with Gasteiger partial charge in [0, 0.05) is 12.4 Å². The van der Waals surface area contributed by atoms with Crippen LogP contribution in [-0.4, -0.2) is 109 Å². The van der Waals surface area contributed by atoms with E-state index in [0.29, 0.717) is 0 Å². The Morgan fingerprint density at radius 1 is 0.950 bits per heavy atom. The maximum Gasteiger partial charge on any atom is 1.00 e. The van der Waals surface area contributed by atoms with E-state index in [1.165, 1.54) is 0 Å². The normalized spacial score (nSPS) is 11.7. The number of hydrogen-bond acceptors (Lipinski definition) is 8. The molecule has 92 valence electrons. The van der Waals surface area contributed by atoms with Crippen molar-refractivity contribution >= 4 is 87.1 Å². The summed E-state index contributed by atoms with van der Waals surface area (Å²) in [5.74, 6) is -6.84. The van der Waals surface area contributed by atoms with Gasteiger partial charge in [-0.25, -0.2) is 0 Å². The fraction of sp³-hybridized carbons (Fsp3) is 0.500. The van der Waals surface area contributed by atoms with E-state index in [4.69, 9.17) is 10.2 Å². The monoisotopic (exact) mass is 352 g/mol. The number of carbonyl (C=O) groups is 3. The molecule has 2 unspecified atom stereocenters. The van der Waals surface area contributed by atoms with Gasteiger partial charge in [0.1, 0.15) is 11.7 Å². The van der Waals surface area contributed by atoms with E-state index in [1.807, 2.05) is 0 Å². The summed E-state index contributed by atoms with van der Waals surface area (Å²) in [4.78, 5) is 30.2. The van der Waals surface area contributed by atoms with Crippen molar-refractivity contribution in [2.45, 2.75) is 18.1 Å². The predicted octanol–water partition coefficient (Wildman–Crippen LogP) is -18.0. The van der Waals surface area contributed by atoms with E-state index in [9.17, 15) is 29.7 Å². The molecular formula is C6H11Mg3Na3O8. The maximum absolute atomic E-state index is 10.2. The van der Waals surface area contributed by atoms with Crippen LogP contribution in [0.3, 0.4) is 0 Å². The molecule has 2 atom stereocenters. The Morgan fingerprint density at radius 2 is 1.25 bits per heavy atom. The van der Waals surface area contributed by atoms with E-state index < -0.39 is 36.0 Å². The molecule has 2 N–H and O–H groups in total. The van der Waals surface area contributed by atoms with Gasteiger partial charge in [0.25, 0.3) is 0 Å². The number of carbonyl (C=O) groups excluding carboxylic acids is 3. The van der Waals surface area contributed by atoms with Crippen molar-refractivity contribution in [3.05, 3.63) is 0 Å². The Labute approximate surface area is 229 Å². The zero-order valence-electron chi connectivity index (χ0n) is 9.63. The SMILES string of the molecule is O=C([O-])CC(O)(C(=O)[O-])C(O)C(=O)[O-].[MgH2].[MgH2].[MgH2].[Na+].[Na+].[Na+]. The molecular weight excluding hydrogens is 342 g/mol. The number of carboxylic acids is 3. The van der Waals surface area contributed by atoms with Crippen molar-refractivity contribution in [2.75, 3.05) is 0 Å². The van der Waals surface area contributed by atoms with Crippen LogP contribution < -0.4 is 104 Å². The van der Waals surface area contributed by atoms with Gasteiger partial charge in [0.15, 0.2) is 0 Å². The summed E-state index contributed by atoms with van der Waals surface area (Å²) in [6.07, 6.45) is -4.53. The van der Waals surface area contributed by atoms with Crippen molar-refractivity contribution < 1.29 is 129 Å². The molecule has 14 heteroatoms. The van der Waals surface area contributed by atoms with Crippen LogP contribution in [0.25, 0.3) is 0 Å². The first-order valence-corrected chi connectivity index (χ1v) is 3.24. The van der Waals surface area contributed by atoms with E-state index in [1.54, 1.807) is 0 Å². The molecule has 0 heterocycles. The second-order valence-electron chi connectivity index (χ2n) is 2.48. The zero-order valence-corrected chi connectivity index (χ0v) is 15.6. The molecule has 0 aromatic rings. The van der Waals surface area contributed by atoms with Gasteiger partial charge in [-0.15, -0.1) is 0 Å². The Balaban J connectivity index is -0.0000000563. The number of hydrogen-bond donors (Lipinski definition) is 2. The van der Waals surface area contributed by atoms with Gasteiger partial charge in [0.2, 0.25) is 0 Å². The van der Waals surface area contributed by atoms with E-state index >= 15 is 0 Å². The van der Waals surface area contributed by atoms with Crippen LogP contribution in [0.5, 0.6) is 0 Å². The first-order valence-electron chi connectivity index (χ1n) is 3.24. The molecule has 0 aromatic heterocycles. The molecule has 0 amide bonds. The van der Waals surface area contributed by atoms with Crippen LogP contribution in [0.1, 0.15) is 6.42 Å². The minimum absolute atomic E-state index is 0. The van der Waals surface area contributed by atoms with Gasteiger partial charge in [-0.3, -0.25) is 0 Å². The molecule has 20 heavy (non-hydrogen) atoms. The molecule has 0 saturated heterocycles. The van der Waals surface area contributed by atoms with E-state index in [2.05, 4.69) is 0 Å². The zero-order chi connectivity index (χ0) is 11.5. The first kappa shape index (κ1) is 43.8. The third-order valence-electron chi connectivity index (χ3n) is 1.44. The Kier molecular flexibility index (Phi) is 45.2. The number of rotatable bonds is 5. The molecule has 0 spiro atoms. The number of aliphatic hydroxyl groups is 2. The maximum atomic E-state index is 10.2. The Morgan fingerprint density at radius 3 is 1.40 bits per heavy atom. The number of carboxylic acid groups (broad SMARTS) is 3. The fourth-order valence-corrected chi connectivity index (χ4v) is 0.695. The third kappa shape index (κ3) is 15.2. The van der Waals surface area contributed by atoms with Gasteiger partial charge in [0.05, 0.1) is 11.9 Å². The first-order chi connectivity index (χ1) is 6.21. The second-order valence-corrected chi connectivity index (χ2v) is 2.48. The van der Waals surface area contributed by atoms with E-state index in [-0.39, 0.29) is 158 Å². The summed E-state index contributed by atoms with van der Waals surface area (Å²) < 4.78 is 0. The van der Waals surface area contributed by atoms with E-state index in [0.717, 1.165) is 0 Å². The molecule has 0 aromatic carbocycles. The second kappa shape index (κ2) is 20.7. The van der Waals surface area contributed by atoms with Crippen molar-refractivity contribution in [3.8, 4) is 0 Å². The standard InChI is InChI=1S/C6H8O8.3Mg.3Na.6H/c7-2(8)1-6(14,5(12)13)3(9)4(10)11;;;;;;;;;;;;/h3,9,14H,1H2,(H,7,8)(H,10,11)(H,12,13);;;;;;;;;;;;/q;;;;3*+1;;;;;;/p-3. The van der Waals surface area contributed by atoms with Gasteiger partial charge in [-0.2, -0.15) is 0 Å². The average Bonchev–Trinajstić information content (AvgIpc) is 2.00. The van der Waals surface area contributed by atoms with Crippen molar-refractivity contribution in [2.24, 2.45) is 0 Å². The van der Waals surface area contributed by atoms with Crippen molar-refractivity contribution in [1.29, 1.82) is 0 Å². The summed E-state index contributed by atoms with van der Waals surface area (Å²) in [6.45, 7) is 0. The molecule has 0 fully saturated rings. The largest absolute Gasteiger partial charge is 1.00 e. The molecule has 0 rings (SSSR count). The minimum Gasteiger partial charge on any atom is -0.550 e. The number of aliphatic carboxylic acids is 3. The van der Waals surface area contributed by atoms with Gasteiger partial charge in [-0.1, -0.05) is 0 Å². The van der Waals surface area contributed by atoms with Crippen LogP contribution in [0, 0.1) is 0 Å². The molecule has 0 aliphatic rings. The van der Waals surface area contributed by atoms with Crippen molar-refractivity contribution in [1.82, 2.24) is 0 Å². The predicted molar refractivity (Wildman–Crippen MR) is 56.2 cm³/mol. The van der Waals surface area contributed by atoms with Crippen LogP contribution in [-0.2, 0) is 14.4 Å². The van der Waals surface area contributed by atoms with Gasteiger partial charge < -0.3 is 39.9 Å². The third-order valence-corrected chi connectivity index (χ3v) is 1.44. The summed E-state index contributed by atoms with van der Waals surface area (Å²) in [5.41, 5.74) is -3.46. The molecule has 0 radical (unpaired) electrons. The Hall–Kier alpha value is 3.63. The molecule has 8 nitrogen and oxygen atoms in total. The topological polar surface area (TPSA) is 161 Å². The summed E-state index contributed by atoms with van der Waals surface area (Å²) >= 11 is 0. The van der Waals surface area contributed by atoms with Crippen LogP contribution >= 0.6 is 0 Å². The molecule has 0 aliphatic heterocycles. The smallest absolute Gasteiger partial charge is 0.550 e. The summed E-state index contributed by atoms with van der Waals surface area (Å²) in [7, 11) is 0. The van der Waals surface area contributed by atoms with Crippen LogP contribution in [0.2, 0.25) is 0 Å². The van der Waals surface area contributed by atoms with Crippen molar-refractivity contribution in [3.63, 3.8) is 0 Å². The Bertz CT molecular complexity index is 295. The summed E-state index contributed by atoms with van der Waals surface area (Å²) in [6, 6.07) is 0. The van der Waals surface area contributed by atoms with Gasteiger partial charge in [-0.05, 0) is 0 Å². The number of aliphatic hydroxyl groups excluding tert-OH is 1. The summed E-state index contributed by atoms with van der Waals surface area (Å²) in [5, 5.41) is 47.8. The molecule has 0 aliphatic carbocycles.